The number of hydrogen-bond donors (Lipinski definition) is 1. The van der Waals surface area contributed by atoms with E-state index in [4.69, 9.17) is 21.1 Å². The summed E-state index contributed by atoms with van der Waals surface area (Å²) in [6, 6.07) is 16.2. The minimum absolute atomic E-state index is 0.0988. The van der Waals surface area contributed by atoms with E-state index in [1.165, 1.54) is 0 Å². The van der Waals surface area contributed by atoms with Crippen LogP contribution in [0.15, 0.2) is 54.6 Å². The zero-order valence-electron chi connectivity index (χ0n) is 13.0. The van der Waals surface area contributed by atoms with Crippen molar-refractivity contribution in [2.45, 2.75) is 6.42 Å². The number of amides is 1. The van der Waals surface area contributed by atoms with Crippen molar-refractivity contribution in [2.24, 2.45) is 0 Å². The number of nitrogens with one attached hydrogen (secondary N) is 1. The molecule has 0 aromatic heterocycles. The molecule has 6 heteroatoms. The maximum Gasteiger partial charge on any atom is 0.310 e. The molecular weight excluding hydrogens is 330 g/mol. The molecule has 0 radical (unpaired) electrons. The molecule has 1 amide bonds. The van der Waals surface area contributed by atoms with E-state index in [9.17, 15) is 9.59 Å². The second-order valence-electron chi connectivity index (χ2n) is 4.98. The second kappa shape index (κ2) is 9.57. The van der Waals surface area contributed by atoms with Gasteiger partial charge in [-0.25, -0.2) is 0 Å². The molecule has 5 nitrogen and oxygen atoms in total. The highest BCUT2D eigenvalue weighted by atomic mass is 35.5. The quantitative estimate of drug-likeness (QED) is 0.589. The largest absolute Gasteiger partial charge is 0.492 e. The van der Waals surface area contributed by atoms with E-state index in [0.29, 0.717) is 18.2 Å². The van der Waals surface area contributed by atoms with Crippen molar-refractivity contribution in [1.29, 1.82) is 0 Å². The molecule has 0 saturated heterocycles. The van der Waals surface area contributed by atoms with Gasteiger partial charge in [0.05, 0.1) is 13.0 Å². The van der Waals surface area contributed by atoms with Crippen LogP contribution in [0.5, 0.6) is 5.75 Å². The molecule has 2 aromatic rings. The lowest BCUT2D eigenvalue weighted by Gasteiger charge is -2.08. The predicted octanol–water partition coefficient (Wildman–Crippen LogP) is 2.62. The lowest BCUT2D eigenvalue weighted by atomic mass is 10.1. The number of hydrogen-bond acceptors (Lipinski definition) is 4. The van der Waals surface area contributed by atoms with Crippen molar-refractivity contribution in [1.82, 2.24) is 5.32 Å². The predicted molar refractivity (Wildman–Crippen MR) is 91.1 cm³/mol. The zero-order valence-corrected chi connectivity index (χ0v) is 13.8. The van der Waals surface area contributed by atoms with Gasteiger partial charge in [-0.15, -0.1) is 0 Å². The number of ether oxygens (including phenoxy) is 2. The molecule has 0 aliphatic heterocycles. The van der Waals surface area contributed by atoms with Gasteiger partial charge < -0.3 is 14.8 Å². The molecule has 0 saturated carbocycles. The normalized spacial score (nSPS) is 10.0. The van der Waals surface area contributed by atoms with Crippen LogP contribution in [0.2, 0.25) is 5.02 Å². The highest BCUT2D eigenvalue weighted by Gasteiger charge is 2.08. The number of benzene rings is 2. The van der Waals surface area contributed by atoms with Crippen molar-refractivity contribution in [3.63, 3.8) is 0 Å². The molecule has 0 spiro atoms. The fraction of sp³-hybridized carbons (Fsp3) is 0.222. The van der Waals surface area contributed by atoms with Crippen molar-refractivity contribution in [2.75, 3.05) is 19.8 Å². The first-order chi connectivity index (χ1) is 11.6. The number of halogens is 1. The van der Waals surface area contributed by atoms with E-state index in [2.05, 4.69) is 5.32 Å². The summed E-state index contributed by atoms with van der Waals surface area (Å²) < 4.78 is 10.4. The van der Waals surface area contributed by atoms with Gasteiger partial charge in [-0.05, 0) is 29.8 Å². The van der Waals surface area contributed by atoms with Crippen LogP contribution in [0.1, 0.15) is 5.56 Å². The van der Waals surface area contributed by atoms with Crippen LogP contribution in [0, 0.1) is 0 Å². The molecule has 24 heavy (non-hydrogen) atoms. The molecule has 0 aliphatic carbocycles. The van der Waals surface area contributed by atoms with Crippen LogP contribution < -0.4 is 10.1 Å². The summed E-state index contributed by atoms with van der Waals surface area (Å²) in [5.74, 6) is -0.0923. The van der Waals surface area contributed by atoms with Crippen LogP contribution in [0.4, 0.5) is 0 Å². The second-order valence-corrected chi connectivity index (χ2v) is 5.41. The van der Waals surface area contributed by atoms with Crippen molar-refractivity contribution < 1.29 is 19.1 Å². The molecule has 2 aromatic carbocycles. The first kappa shape index (κ1) is 17.8. The summed E-state index contributed by atoms with van der Waals surface area (Å²) in [4.78, 5) is 23.3. The van der Waals surface area contributed by atoms with E-state index in [0.717, 1.165) is 11.3 Å². The van der Waals surface area contributed by atoms with Gasteiger partial charge in [0.2, 0.25) is 0 Å². The monoisotopic (exact) mass is 347 g/mol. The molecule has 0 atom stereocenters. The van der Waals surface area contributed by atoms with Gasteiger partial charge in [0.15, 0.2) is 6.61 Å². The van der Waals surface area contributed by atoms with Gasteiger partial charge in [0.1, 0.15) is 12.4 Å². The van der Waals surface area contributed by atoms with Crippen LogP contribution in [0.25, 0.3) is 0 Å². The molecule has 0 fully saturated rings. The summed E-state index contributed by atoms with van der Waals surface area (Å²) in [7, 11) is 0. The Labute approximate surface area is 145 Å². The van der Waals surface area contributed by atoms with Crippen LogP contribution >= 0.6 is 11.6 Å². The maximum absolute atomic E-state index is 11.7. The average Bonchev–Trinajstić information content (AvgIpc) is 2.60. The Hall–Kier alpha value is -2.53. The maximum atomic E-state index is 11.7. The Balaban J connectivity index is 1.58. The van der Waals surface area contributed by atoms with Crippen molar-refractivity contribution in [3.05, 3.63) is 65.2 Å². The lowest BCUT2D eigenvalue weighted by molar-refractivity contribution is -0.147. The van der Waals surface area contributed by atoms with Gasteiger partial charge in [0, 0.05) is 5.02 Å². The molecule has 2 rings (SSSR count). The van der Waals surface area contributed by atoms with E-state index in [1.54, 1.807) is 24.3 Å². The third-order valence-electron chi connectivity index (χ3n) is 3.06. The van der Waals surface area contributed by atoms with Crippen LogP contribution in [-0.2, 0) is 20.7 Å². The van der Waals surface area contributed by atoms with E-state index in [1.807, 2.05) is 30.3 Å². The molecular formula is C18H18ClNO4. The summed E-state index contributed by atoms with van der Waals surface area (Å²) in [6.07, 6.45) is 0.0988. The summed E-state index contributed by atoms with van der Waals surface area (Å²) in [6.45, 7) is 0.370. The Morgan fingerprint density at radius 2 is 1.71 bits per heavy atom. The van der Waals surface area contributed by atoms with Crippen LogP contribution in [0.3, 0.4) is 0 Å². The van der Waals surface area contributed by atoms with E-state index < -0.39 is 5.97 Å². The van der Waals surface area contributed by atoms with Crippen LogP contribution in [-0.4, -0.2) is 31.6 Å². The first-order valence-corrected chi connectivity index (χ1v) is 7.86. The minimum atomic E-state index is -0.465. The Kier molecular flexibility index (Phi) is 7.11. The lowest BCUT2D eigenvalue weighted by Crippen LogP contribution is -2.32. The summed E-state index contributed by atoms with van der Waals surface area (Å²) >= 11 is 5.77. The Morgan fingerprint density at radius 1 is 1.00 bits per heavy atom. The standard InChI is InChI=1S/C18H18ClNO4/c19-15-8-6-14(7-9-15)12-18(22)24-13-17(21)20-10-11-23-16-4-2-1-3-5-16/h1-9H,10-13H2,(H,20,21). The van der Waals surface area contributed by atoms with E-state index in [-0.39, 0.29) is 18.9 Å². The number of carbonyl (C=O) groups excluding carboxylic acids is 2. The molecule has 1 N–H and O–H groups in total. The zero-order chi connectivity index (χ0) is 17.2. The molecule has 0 aliphatic rings. The SMILES string of the molecule is O=C(COC(=O)Cc1ccc(Cl)cc1)NCCOc1ccccc1. The van der Waals surface area contributed by atoms with Crippen molar-refractivity contribution >= 4 is 23.5 Å². The Morgan fingerprint density at radius 3 is 2.42 bits per heavy atom. The highest BCUT2D eigenvalue weighted by Crippen LogP contribution is 2.10. The Bertz CT molecular complexity index is 658. The highest BCUT2D eigenvalue weighted by molar-refractivity contribution is 6.30. The molecule has 0 heterocycles. The van der Waals surface area contributed by atoms with Crippen molar-refractivity contribution in [3.8, 4) is 5.75 Å². The van der Waals surface area contributed by atoms with Gasteiger partial charge in [0.25, 0.3) is 5.91 Å². The molecule has 0 unspecified atom stereocenters. The molecule has 126 valence electrons. The molecule has 0 bridgehead atoms. The van der Waals surface area contributed by atoms with Gasteiger partial charge in [-0.3, -0.25) is 9.59 Å². The third-order valence-corrected chi connectivity index (χ3v) is 3.31. The number of esters is 1. The fourth-order valence-electron chi connectivity index (χ4n) is 1.89. The first-order valence-electron chi connectivity index (χ1n) is 7.48. The number of carbonyl (C=O) groups is 2. The van der Waals surface area contributed by atoms with E-state index >= 15 is 0 Å². The van der Waals surface area contributed by atoms with Gasteiger partial charge in [-0.1, -0.05) is 41.9 Å². The topological polar surface area (TPSA) is 64.6 Å². The fourth-order valence-corrected chi connectivity index (χ4v) is 2.02. The summed E-state index contributed by atoms with van der Waals surface area (Å²) in [5, 5.41) is 3.22. The minimum Gasteiger partial charge on any atom is -0.492 e. The average molecular weight is 348 g/mol. The van der Waals surface area contributed by atoms with Gasteiger partial charge in [-0.2, -0.15) is 0 Å². The van der Waals surface area contributed by atoms with Gasteiger partial charge >= 0.3 is 5.97 Å². The number of para-hydroxylation sites is 1. The smallest absolute Gasteiger partial charge is 0.310 e. The third kappa shape index (κ3) is 6.71. The summed E-state index contributed by atoms with van der Waals surface area (Å²) in [5.41, 5.74) is 0.779. The number of rotatable bonds is 8.